The molecule has 0 bridgehead atoms. The molecule has 0 radical (unpaired) electrons. The van der Waals surface area contributed by atoms with Crippen molar-refractivity contribution in [3.8, 4) is 12.3 Å². The summed E-state index contributed by atoms with van der Waals surface area (Å²) >= 11 is 0. The molecule has 1 aliphatic carbocycles. The lowest BCUT2D eigenvalue weighted by molar-refractivity contribution is -0.117. The molecule has 1 rings (SSSR count). The Hall–Kier alpha value is -1.23. The molecular weight excluding hydrogens is 162 g/mol. The van der Waals surface area contributed by atoms with Crippen LogP contribution >= 0.6 is 0 Å². The van der Waals surface area contributed by atoms with Crippen molar-refractivity contribution in [2.75, 3.05) is 6.54 Å². The van der Waals surface area contributed by atoms with Gasteiger partial charge in [0, 0.05) is 18.5 Å². The molecule has 0 aromatic heterocycles. The highest BCUT2D eigenvalue weighted by Gasteiger charge is 2.16. The van der Waals surface area contributed by atoms with Gasteiger partial charge in [-0.1, -0.05) is 5.57 Å². The number of allylic oxidation sites excluding steroid dienone is 1. The molecule has 0 unspecified atom stereocenters. The molecule has 0 spiro atoms. The second kappa shape index (κ2) is 4.71. The Morgan fingerprint density at radius 3 is 2.92 bits per heavy atom. The maximum absolute atomic E-state index is 11.5. The van der Waals surface area contributed by atoms with Crippen molar-refractivity contribution in [2.24, 2.45) is 0 Å². The summed E-state index contributed by atoms with van der Waals surface area (Å²) < 4.78 is 0. The van der Waals surface area contributed by atoms with E-state index in [0.29, 0.717) is 13.0 Å². The Bertz CT molecular complexity index is 270. The zero-order chi connectivity index (χ0) is 9.68. The van der Waals surface area contributed by atoms with E-state index in [-0.39, 0.29) is 5.91 Å². The normalized spacial score (nSPS) is 15.7. The first kappa shape index (κ1) is 9.85. The van der Waals surface area contributed by atoms with Crippen molar-refractivity contribution in [3.05, 3.63) is 11.1 Å². The average molecular weight is 177 g/mol. The van der Waals surface area contributed by atoms with Gasteiger partial charge in [0.2, 0.25) is 5.91 Å². The van der Waals surface area contributed by atoms with E-state index in [4.69, 9.17) is 6.42 Å². The molecule has 0 atom stereocenters. The van der Waals surface area contributed by atoms with Crippen molar-refractivity contribution in [1.29, 1.82) is 0 Å². The lowest BCUT2D eigenvalue weighted by atomic mass is 10.1. The van der Waals surface area contributed by atoms with Gasteiger partial charge in [-0.15, -0.1) is 12.3 Å². The maximum Gasteiger partial charge on any atom is 0.247 e. The molecular formula is C11H15NO. The van der Waals surface area contributed by atoms with Crippen LogP contribution < -0.4 is 5.32 Å². The first-order valence-electron chi connectivity index (χ1n) is 4.66. The van der Waals surface area contributed by atoms with Gasteiger partial charge in [0.25, 0.3) is 0 Å². The van der Waals surface area contributed by atoms with Crippen LogP contribution in [0.1, 0.15) is 32.6 Å². The summed E-state index contributed by atoms with van der Waals surface area (Å²) in [4.78, 5) is 11.5. The molecule has 1 N–H and O–H groups in total. The Balaban J connectivity index is 2.40. The Labute approximate surface area is 79.4 Å². The fourth-order valence-corrected chi connectivity index (χ4v) is 1.56. The summed E-state index contributed by atoms with van der Waals surface area (Å²) in [5, 5.41) is 2.82. The number of carbonyl (C=O) groups excluding carboxylic acids is 1. The second-order valence-electron chi connectivity index (χ2n) is 3.32. The molecule has 2 nitrogen and oxygen atoms in total. The summed E-state index contributed by atoms with van der Waals surface area (Å²) in [6, 6.07) is 0. The quantitative estimate of drug-likeness (QED) is 0.515. The topological polar surface area (TPSA) is 29.1 Å². The molecule has 0 heterocycles. The summed E-state index contributed by atoms with van der Waals surface area (Å²) in [7, 11) is 0. The molecule has 0 saturated carbocycles. The molecule has 0 saturated heterocycles. The Morgan fingerprint density at radius 2 is 2.38 bits per heavy atom. The molecule has 0 fully saturated rings. The van der Waals surface area contributed by atoms with Gasteiger partial charge >= 0.3 is 0 Å². The Kier molecular flexibility index (Phi) is 3.57. The number of hydrogen-bond acceptors (Lipinski definition) is 1. The second-order valence-corrected chi connectivity index (χ2v) is 3.32. The van der Waals surface area contributed by atoms with E-state index >= 15 is 0 Å². The minimum absolute atomic E-state index is 0.0743. The van der Waals surface area contributed by atoms with Crippen LogP contribution in [0, 0.1) is 12.3 Å². The molecule has 70 valence electrons. The summed E-state index contributed by atoms with van der Waals surface area (Å²) in [5.41, 5.74) is 2.20. The van der Waals surface area contributed by atoms with Crippen LogP contribution in [0.4, 0.5) is 0 Å². The largest absolute Gasteiger partial charge is 0.351 e. The summed E-state index contributed by atoms with van der Waals surface area (Å²) in [5.74, 6) is 2.57. The first-order chi connectivity index (χ1) is 6.25. The van der Waals surface area contributed by atoms with Crippen molar-refractivity contribution in [2.45, 2.75) is 32.6 Å². The smallest absolute Gasteiger partial charge is 0.247 e. The average Bonchev–Trinajstić information content (AvgIpc) is 2.52. The third-order valence-electron chi connectivity index (χ3n) is 2.32. The van der Waals surface area contributed by atoms with Crippen LogP contribution in [0.15, 0.2) is 11.1 Å². The van der Waals surface area contributed by atoms with E-state index in [1.165, 1.54) is 5.57 Å². The van der Waals surface area contributed by atoms with Gasteiger partial charge in [0.05, 0.1) is 0 Å². The molecule has 0 aliphatic heterocycles. The first-order valence-corrected chi connectivity index (χ1v) is 4.66. The van der Waals surface area contributed by atoms with E-state index in [2.05, 4.69) is 11.2 Å². The number of nitrogens with one attached hydrogen (secondary N) is 1. The molecule has 1 amide bonds. The number of rotatable bonds is 3. The number of hydrogen-bond donors (Lipinski definition) is 1. The van der Waals surface area contributed by atoms with Gasteiger partial charge in [-0.2, -0.15) is 0 Å². The highest BCUT2D eigenvalue weighted by Crippen LogP contribution is 2.25. The van der Waals surface area contributed by atoms with Crippen LogP contribution in [0.25, 0.3) is 0 Å². The third kappa shape index (κ3) is 2.62. The standard InChI is InChI=1S/C11H15NO/c1-3-4-8-12-11(13)10-7-5-6-9(10)2/h1H,4-8H2,2H3,(H,12,13). The predicted octanol–water partition coefficient (Wildman–Crippen LogP) is 1.63. The molecule has 0 aromatic carbocycles. The molecule has 2 heteroatoms. The molecule has 0 aromatic rings. The fraction of sp³-hybridized carbons (Fsp3) is 0.545. The van der Waals surface area contributed by atoms with Crippen LogP contribution in [-0.2, 0) is 4.79 Å². The maximum atomic E-state index is 11.5. The monoisotopic (exact) mass is 177 g/mol. The van der Waals surface area contributed by atoms with Crippen LogP contribution in [-0.4, -0.2) is 12.5 Å². The van der Waals surface area contributed by atoms with E-state index in [1.54, 1.807) is 0 Å². The zero-order valence-corrected chi connectivity index (χ0v) is 8.02. The lowest BCUT2D eigenvalue weighted by Gasteiger charge is -2.04. The molecule has 1 aliphatic rings. The highest BCUT2D eigenvalue weighted by atomic mass is 16.1. The van der Waals surface area contributed by atoms with Crippen LogP contribution in [0.2, 0.25) is 0 Å². The van der Waals surface area contributed by atoms with Gasteiger partial charge < -0.3 is 5.32 Å². The van der Waals surface area contributed by atoms with Gasteiger partial charge in [0.15, 0.2) is 0 Å². The fourth-order valence-electron chi connectivity index (χ4n) is 1.56. The summed E-state index contributed by atoms with van der Waals surface area (Å²) in [6.07, 6.45) is 8.80. The van der Waals surface area contributed by atoms with Crippen LogP contribution in [0.3, 0.4) is 0 Å². The van der Waals surface area contributed by atoms with Crippen molar-refractivity contribution < 1.29 is 4.79 Å². The van der Waals surface area contributed by atoms with Crippen LogP contribution in [0.5, 0.6) is 0 Å². The van der Waals surface area contributed by atoms with E-state index < -0.39 is 0 Å². The number of amides is 1. The number of carbonyl (C=O) groups is 1. The van der Waals surface area contributed by atoms with E-state index in [0.717, 1.165) is 24.8 Å². The zero-order valence-electron chi connectivity index (χ0n) is 8.02. The van der Waals surface area contributed by atoms with Gasteiger partial charge in [-0.25, -0.2) is 0 Å². The van der Waals surface area contributed by atoms with Crippen molar-refractivity contribution >= 4 is 5.91 Å². The van der Waals surface area contributed by atoms with Gasteiger partial charge in [-0.05, 0) is 26.2 Å². The van der Waals surface area contributed by atoms with Crippen molar-refractivity contribution in [3.63, 3.8) is 0 Å². The van der Waals surface area contributed by atoms with E-state index in [9.17, 15) is 4.79 Å². The Morgan fingerprint density at radius 1 is 1.62 bits per heavy atom. The van der Waals surface area contributed by atoms with Gasteiger partial charge in [-0.3, -0.25) is 4.79 Å². The molecule has 13 heavy (non-hydrogen) atoms. The van der Waals surface area contributed by atoms with Crippen molar-refractivity contribution in [1.82, 2.24) is 5.32 Å². The number of terminal acetylenes is 1. The predicted molar refractivity (Wildman–Crippen MR) is 53.0 cm³/mol. The SMILES string of the molecule is C#CCCNC(=O)C1=C(C)CCC1. The minimum Gasteiger partial charge on any atom is -0.351 e. The minimum atomic E-state index is 0.0743. The highest BCUT2D eigenvalue weighted by molar-refractivity contribution is 5.94. The van der Waals surface area contributed by atoms with Gasteiger partial charge in [0.1, 0.15) is 0 Å². The summed E-state index contributed by atoms with van der Waals surface area (Å²) in [6.45, 7) is 2.62. The lowest BCUT2D eigenvalue weighted by Crippen LogP contribution is -2.25. The third-order valence-corrected chi connectivity index (χ3v) is 2.32. The van der Waals surface area contributed by atoms with E-state index in [1.807, 2.05) is 6.92 Å².